The van der Waals surface area contributed by atoms with Crippen LogP contribution in [0.3, 0.4) is 0 Å². The highest BCUT2D eigenvalue weighted by Gasteiger charge is 2.10. The highest BCUT2D eigenvalue weighted by Crippen LogP contribution is 2.28. The van der Waals surface area contributed by atoms with E-state index in [1.54, 1.807) is 18.2 Å². The Labute approximate surface area is 126 Å². The Morgan fingerprint density at radius 3 is 2.90 bits per heavy atom. The Hall–Kier alpha value is -1.84. The minimum absolute atomic E-state index is 0.0491. The maximum Gasteiger partial charge on any atom is 0.142 e. The number of hydrogen-bond acceptors (Lipinski definition) is 6. The van der Waals surface area contributed by atoms with Crippen molar-refractivity contribution in [2.45, 2.75) is 26.5 Å². The zero-order valence-electron chi connectivity index (χ0n) is 11.1. The average molecular weight is 309 g/mol. The van der Waals surface area contributed by atoms with E-state index in [1.165, 1.54) is 0 Å². The van der Waals surface area contributed by atoms with Crippen molar-refractivity contribution in [3.05, 3.63) is 33.8 Å². The van der Waals surface area contributed by atoms with E-state index in [4.69, 9.17) is 21.6 Å². The molecular formula is C13H13ClN4OS. The minimum Gasteiger partial charge on any atom is -0.489 e. The molecule has 0 fully saturated rings. The molecule has 2 rings (SSSR count). The van der Waals surface area contributed by atoms with Gasteiger partial charge in [-0.15, -0.1) is 5.10 Å². The summed E-state index contributed by atoms with van der Waals surface area (Å²) >= 11 is 7.10. The summed E-state index contributed by atoms with van der Waals surface area (Å²) in [7, 11) is 0. The smallest absolute Gasteiger partial charge is 0.142 e. The second-order valence-electron chi connectivity index (χ2n) is 4.34. The van der Waals surface area contributed by atoms with Crippen LogP contribution in [-0.2, 0) is 6.54 Å². The first-order valence-electron chi connectivity index (χ1n) is 6.01. The Morgan fingerprint density at radius 1 is 1.50 bits per heavy atom. The van der Waals surface area contributed by atoms with Crippen LogP contribution < -0.4 is 10.1 Å². The molecular weight excluding hydrogens is 296 g/mol. The fraction of sp³-hybridized carbons (Fsp3) is 0.308. The van der Waals surface area contributed by atoms with Gasteiger partial charge in [-0.1, -0.05) is 16.1 Å². The molecule has 2 aromatic rings. The van der Waals surface area contributed by atoms with Crippen molar-refractivity contribution >= 4 is 28.8 Å². The van der Waals surface area contributed by atoms with Crippen LogP contribution in [0, 0.1) is 11.3 Å². The topological polar surface area (TPSA) is 70.8 Å². The molecule has 0 saturated heterocycles. The summed E-state index contributed by atoms with van der Waals surface area (Å²) in [5, 5.41) is 16.1. The van der Waals surface area contributed by atoms with Gasteiger partial charge >= 0.3 is 0 Å². The van der Waals surface area contributed by atoms with Crippen LogP contribution >= 0.6 is 23.1 Å². The van der Waals surface area contributed by atoms with Gasteiger partial charge in [0.25, 0.3) is 0 Å². The van der Waals surface area contributed by atoms with Crippen LogP contribution in [0.1, 0.15) is 25.1 Å². The van der Waals surface area contributed by atoms with E-state index in [0.717, 1.165) is 17.2 Å². The van der Waals surface area contributed by atoms with E-state index in [2.05, 4.69) is 21.0 Å². The van der Waals surface area contributed by atoms with Crippen LogP contribution in [0.5, 0.6) is 5.75 Å². The third-order valence-corrected chi connectivity index (χ3v) is 3.41. The predicted molar refractivity (Wildman–Crippen MR) is 79.2 cm³/mol. The van der Waals surface area contributed by atoms with Crippen molar-refractivity contribution in [1.82, 2.24) is 9.59 Å². The summed E-state index contributed by atoms with van der Waals surface area (Å²) in [6.45, 7) is 4.32. The summed E-state index contributed by atoms with van der Waals surface area (Å²) in [6, 6.07) is 7.35. The lowest BCUT2D eigenvalue weighted by Gasteiger charge is -2.15. The number of rotatable bonds is 5. The third-order valence-electron chi connectivity index (χ3n) is 2.43. The molecule has 0 unspecified atom stereocenters. The molecule has 7 heteroatoms. The molecule has 0 spiro atoms. The number of benzene rings is 1. The molecule has 1 aromatic carbocycles. The quantitative estimate of drug-likeness (QED) is 0.916. The molecule has 0 bridgehead atoms. The summed E-state index contributed by atoms with van der Waals surface area (Å²) in [6.07, 6.45) is 0.0491. The molecule has 0 aliphatic rings. The number of anilines is 1. The number of halogens is 1. The van der Waals surface area contributed by atoms with Crippen LogP contribution in [0.15, 0.2) is 18.2 Å². The van der Waals surface area contributed by atoms with Crippen LogP contribution in [0.4, 0.5) is 5.69 Å². The van der Waals surface area contributed by atoms with E-state index >= 15 is 0 Å². The lowest BCUT2D eigenvalue weighted by atomic mass is 10.2. The van der Waals surface area contributed by atoms with Crippen molar-refractivity contribution in [2.24, 2.45) is 0 Å². The predicted octanol–water partition coefficient (Wildman–Crippen LogP) is 3.46. The molecule has 1 N–H and O–H groups in total. The number of nitrogens with one attached hydrogen (secondary N) is 1. The molecule has 0 atom stereocenters. The molecule has 104 valence electrons. The van der Waals surface area contributed by atoms with Gasteiger partial charge in [-0.2, -0.15) is 5.26 Å². The summed E-state index contributed by atoms with van der Waals surface area (Å²) in [5.41, 5.74) is 1.97. The third kappa shape index (κ3) is 3.59. The lowest BCUT2D eigenvalue weighted by molar-refractivity contribution is 0.243. The van der Waals surface area contributed by atoms with Gasteiger partial charge in [0.05, 0.1) is 30.0 Å². The van der Waals surface area contributed by atoms with Crippen LogP contribution in [0.2, 0.25) is 4.34 Å². The summed E-state index contributed by atoms with van der Waals surface area (Å²) in [5.74, 6) is 0.693. The lowest BCUT2D eigenvalue weighted by Crippen LogP contribution is -2.09. The van der Waals surface area contributed by atoms with E-state index in [1.807, 2.05) is 13.8 Å². The zero-order chi connectivity index (χ0) is 14.5. The Morgan fingerprint density at radius 2 is 2.30 bits per heavy atom. The number of aromatic nitrogens is 2. The number of nitrogens with zero attached hydrogens (tertiary/aromatic N) is 3. The van der Waals surface area contributed by atoms with Gasteiger partial charge in [-0.3, -0.25) is 0 Å². The van der Waals surface area contributed by atoms with E-state index < -0.39 is 0 Å². The molecule has 0 aliphatic heterocycles. The highest BCUT2D eigenvalue weighted by atomic mass is 35.5. The molecule has 1 heterocycles. The fourth-order valence-corrected chi connectivity index (χ4v) is 2.20. The second-order valence-corrected chi connectivity index (χ2v) is 5.69. The van der Waals surface area contributed by atoms with Gasteiger partial charge < -0.3 is 10.1 Å². The van der Waals surface area contributed by atoms with Gasteiger partial charge in [-0.05, 0) is 32.0 Å². The normalized spacial score (nSPS) is 10.3. The number of ether oxygens (including phenoxy) is 1. The molecule has 0 radical (unpaired) electrons. The number of hydrogen-bond donors (Lipinski definition) is 1. The monoisotopic (exact) mass is 308 g/mol. The van der Waals surface area contributed by atoms with Crippen molar-refractivity contribution in [1.29, 1.82) is 5.26 Å². The Kier molecular flexibility index (Phi) is 4.77. The Balaban J connectivity index is 2.19. The van der Waals surface area contributed by atoms with Crippen molar-refractivity contribution in [2.75, 3.05) is 5.32 Å². The van der Waals surface area contributed by atoms with Gasteiger partial charge in [0.2, 0.25) is 0 Å². The van der Waals surface area contributed by atoms with E-state index in [9.17, 15) is 0 Å². The summed E-state index contributed by atoms with van der Waals surface area (Å²) < 4.78 is 10.0. The maximum atomic E-state index is 8.97. The largest absolute Gasteiger partial charge is 0.489 e. The SMILES string of the molecule is CC(C)Oc1ccc(C#N)cc1NCc1nnsc1Cl. The molecule has 0 aliphatic carbocycles. The molecule has 0 saturated carbocycles. The van der Waals surface area contributed by atoms with Gasteiger partial charge in [0, 0.05) is 11.5 Å². The second kappa shape index (κ2) is 6.55. The first-order chi connectivity index (χ1) is 9.60. The van der Waals surface area contributed by atoms with E-state index in [0.29, 0.717) is 27.9 Å². The van der Waals surface area contributed by atoms with Gasteiger partial charge in [0.15, 0.2) is 0 Å². The fourth-order valence-electron chi connectivity index (χ4n) is 1.58. The van der Waals surface area contributed by atoms with Crippen molar-refractivity contribution < 1.29 is 4.74 Å². The molecule has 5 nitrogen and oxygen atoms in total. The number of nitriles is 1. The molecule has 20 heavy (non-hydrogen) atoms. The first kappa shape index (κ1) is 14.6. The van der Waals surface area contributed by atoms with Crippen molar-refractivity contribution in [3.63, 3.8) is 0 Å². The molecule has 1 aromatic heterocycles. The maximum absolute atomic E-state index is 8.97. The first-order valence-corrected chi connectivity index (χ1v) is 7.16. The Bertz CT molecular complexity index is 636. The van der Waals surface area contributed by atoms with Gasteiger partial charge in [0.1, 0.15) is 15.8 Å². The molecule has 0 amide bonds. The minimum atomic E-state index is 0.0491. The average Bonchev–Trinajstić information content (AvgIpc) is 2.82. The summed E-state index contributed by atoms with van der Waals surface area (Å²) in [4.78, 5) is 0. The zero-order valence-corrected chi connectivity index (χ0v) is 12.6. The highest BCUT2D eigenvalue weighted by molar-refractivity contribution is 7.10. The van der Waals surface area contributed by atoms with Crippen molar-refractivity contribution in [3.8, 4) is 11.8 Å². The van der Waals surface area contributed by atoms with E-state index in [-0.39, 0.29) is 6.10 Å². The standard InChI is InChI=1S/C13H13ClN4OS/c1-8(2)19-12-4-3-9(6-15)5-10(12)16-7-11-13(14)20-18-17-11/h3-5,8,16H,7H2,1-2H3. The van der Waals surface area contributed by atoms with Crippen LogP contribution in [-0.4, -0.2) is 15.7 Å². The van der Waals surface area contributed by atoms with Gasteiger partial charge in [-0.25, -0.2) is 0 Å². The van der Waals surface area contributed by atoms with Crippen LogP contribution in [0.25, 0.3) is 0 Å².